The van der Waals surface area contributed by atoms with E-state index in [2.05, 4.69) is 19.2 Å². The maximum atomic E-state index is 12.4. The van der Waals surface area contributed by atoms with Crippen LogP contribution >= 0.6 is 0 Å². The van der Waals surface area contributed by atoms with E-state index in [1.165, 1.54) is 231 Å². The average Bonchev–Trinajstić information content (AvgIpc) is 3.28. The summed E-state index contributed by atoms with van der Waals surface area (Å²) in [5, 5.41) is 23.1. The second kappa shape index (κ2) is 53.2. The molecule has 0 saturated heterocycles. The van der Waals surface area contributed by atoms with Crippen molar-refractivity contribution in [2.75, 3.05) is 13.2 Å². The molecule has 0 bridgehead atoms. The Morgan fingerprint density at radius 1 is 0.429 bits per heavy atom. The molecule has 1 amide bonds. The lowest BCUT2D eigenvalue weighted by atomic mass is 10.0. The summed E-state index contributed by atoms with van der Waals surface area (Å²) in [5.41, 5.74) is 0. The SMILES string of the molecule is CCCCCCCCCCCCCCCC/C=C/C(O)C(CO)NC(=O)CCCCCCCCCCCCCCOC(=O)CCCCCCCCCCCCCCCCCCCC. The predicted molar refractivity (Wildman–Crippen MR) is 273 cm³/mol. The van der Waals surface area contributed by atoms with E-state index in [1.807, 2.05) is 6.08 Å². The molecule has 63 heavy (non-hydrogen) atoms. The Bertz CT molecular complexity index is 939. The second-order valence-electron chi connectivity index (χ2n) is 19.6. The Kier molecular flexibility index (Phi) is 52.0. The lowest BCUT2D eigenvalue weighted by Gasteiger charge is -2.20. The zero-order valence-corrected chi connectivity index (χ0v) is 42.6. The number of amides is 1. The second-order valence-corrected chi connectivity index (χ2v) is 19.6. The Morgan fingerprint density at radius 2 is 0.730 bits per heavy atom. The standard InChI is InChI=1S/C57H111NO5/c1-3-5-7-9-11-13-15-17-19-21-22-24-26-31-35-39-43-47-51-57(62)63-52-48-44-40-36-32-28-27-30-34-38-42-46-50-56(61)58-54(53-59)55(60)49-45-41-37-33-29-25-23-20-18-16-14-12-10-8-6-4-2/h45,49,54-55,59-60H,3-44,46-48,50-53H2,1-2H3,(H,58,61)/b49-45+. The van der Waals surface area contributed by atoms with Crippen LogP contribution in [0.3, 0.4) is 0 Å². The van der Waals surface area contributed by atoms with Gasteiger partial charge in [-0.25, -0.2) is 0 Å². The number of nitrogens with one attached hydrogen (secondary N) is 1. The van der Waals surface area contributed by atoms with Gasteiger partial charge >= 0.3 is 5.97 Å². The summed E-state index contributed by atoms with van der Waals surface area (Å²) in [5.74, 6) is -0.0869. The van der Waals surface area contributed by atoms with E-state index in [9.17, 15) is 19.8 Å². The van der Waals surface area contributed by atoms with Crippen molar-refractivity contribution in [3.05, 3.63) is 12.2 Å². The van der Waals surface area contributed by atoms with Crippen LogP contribution in [0.5, 0.6) is 0 Å². The number of carbonyl (C=O) groups excluding carboxylic acids is 2. The number of rotatable bonds is 53. The number of ether oxygens (including phenoxy) is 1. The third kappa shape index (κ3) is 49.9. The molecule has 0 aromatic heterocycles. The van der Waals surface area contributed by atoms with Gasteiger partial charge in [0.1, 0.15) is 0 Å². The normalized spacial score (nSPS) is 12.6. The molecule has 6 heteroatoms. The van der Waals surface area contributed by atoms with Crippen LogP contribution in [-0.4, -0.2) is 47.4 Å². The number of hydrogen-bond donors (Lipinski definition) is 3. The zero-order valence-electron chi connectivity index (χ0n) is 42.6. The van der Waals surface area contributed by atoms with Gasteiger partial charge in [0.2, 0.25) is 5.91 Å². The Morgan fingerprint density at radius 3 is 1.08 bits per heavy atom. The molecule has 2 atom stereocenters. The molecule has 0 fully saturated rings. The molecule has 0 aromatic rings. The van der Waals surface area contributed by atoms with Crippen molar-refractivity contribution in [3.63, 3.8) is 0 Å². The molecular weight excluding hydrogens is 779 g/mol. The number of carbonyl (C=O) groups is 2. The molecule has 0 radical (unpaired) electrons. The molecule has 0 rings (SSSR count). The fourth-order valence-electron chi connectivity index (χ4n) is 8.93. The number of aliphatic hydroxyl groups excluding tert-OH is 2. The topological polar surface area (TPSA) is 95.9 Å². The van der Waals surface area contributed by atoms with Crippen molar-refractivity contribution in [1.82, 2.24) is 5.32 Å². The summed E-state index contributed by atoms with van der Waals surface area (Å²) in [6.45, 7) is 4.89. The Hall–Kier alpha value is -1.40. The van der Waals surface area contributed by atoms with Crippen LogP contribution < -0.4 is 5.32 Å². The third-order valence-corrected chi connectivity index (χ3v) is 13.3. The van der Waals surface area contributed by atoms with E-state index >= 15 is 0 Å². The molecule has 0 aromatic carbocycles. The summed E-state index contributed by atoms with van der Waals surface area (Å²) in [4.78, 5) is 24.5. The predicted octanol–water partition coefficient (Wildman–Crippen LogP) is 17.3. The van der Waals surface area contributed by atoms with Gasteiger partial charge in [-0.15, -0.1) is 0 Å². The van der Waals surface area contributed by atoms with Crippen LogP contribution in [0.4, 0.5) is 0 Å². The number of aliphatic hydroxyl groups is 2. The minimum atomic E-state index is -0.853. The highest BCUT2D eigenvalue weighted by Gasteiger charge is 2.18. The van der Waals surface area contributed by atoms with E-state index in [0.29, 0.717) is 19.4 Å². The van der Waals surface area contributed by atoms with Crippen LogP contribution in [0.2, 0.25) is 0 Å². The van der Waals surface area contributed by atoms with Crippen molar-refractivity contribution in [3.8, 4) is 0 Å². The summed E-state index contributed by atoms with van der Waals surface area (Å²) >= 11 is 0. The highest BCUT2D eigenvalue weighted by atomic mass is 16.5. The van der Waals surface area contributed by atoms with E-state index in [0.717, 1.165) is 57.8 Å². The molecule has 0 aliphatic carbocycles. The lowest BCUT2D eigenvalue weighted by Crippen LogP contribution is -2.45. The molecule has 2 unspecified atom stereocenters. The summed E-state index contributed by atoms with van der Waals surface area (Å²) in [6.07, 6.45) is 62.2. The molecular formula is C57H111NO5. The molecule has 0 heterocycles. The van der Waals surface area contributed by atoms with Gasteiger partial charge in [0.15, 0.2) is 0 Å². The first-order valence-electron chi connectivity index (χ1n) is 28.5. The fourth-order valence-corrected chi connectivity index (χ4v) is 8.93. The van der Waals surface area contributed by atoms with Crippen LogP contribution in [0.1, 0.15) is 316 Å². The Balaban J connectivity index is 3.45. The maximum absolute atomic E-state index is 12.4. The fraction of sp³-hybridized carbons (Fsp3) is 0.930. The minimum Gasteiger partial charge on any atom is -0.466 e. The van der Waals surface area contributed by atoms with Gasteiger partial charge in [0, 0.05) is 12.8 Å². The molecule has 3 N–H and O–H groups in total. The van der Waals surface area contributed by atoms with E-state index in [1.54, 1.807) is 6.08 Å². The van der Waals surface area contributed by atoms with Crippen molar-refractivity contribution >= 4 is 11.9 Å². The van der Waals surface area contributed by atoms with E-state index in [-0.39, 0.29) is 18.5 Å². The van der Waals surface area contributed by atoms with Crippen molar-refractivity contribution in [2.45, 2.75) is 328 Å². The quantitative estimate of drug-likeness (QED) is 0.0321. The van der Waals surface area contributed by atoms with Crippen LogP contribution in [0.25, 0.3) is 0 Å². The highest BCUT2D eigenvalue weighted by Crippen LogP contribution is 2.17. The summed E-state index contributed by atoms with van der Waals surface area (Å²) < 4.78 is 5.48. The zero-order chi connectivity index (χ0) is 45.8. The van der Waals surface area contributed by atoms with E-state index in [4.69, 9.17) is 4.74 Å². The van der Waals surface area contributed by atoms with E-state index < -0.39 is 12.1 Å². The first-order chi connectivity index (χ1) is 31.0. The van der Waals surface area contributed by atoms with Gasteiger partial charge in [-0.2, -0.15) is 0 Å². The van der Waals surface area contributed by atoms with Gasteiger partial charge in [0.25, 0.3) is 0 Å². The van der Waals surface area contributed by atoms with Gasteiger partial charge in [-0.05, 0) is 32.1 Å². The average molecular weight is 891 g/mol. The van der Waals surface area contributed by atoms with Crippen LogP contribution in [-0.2, 0) is 14.3 Å². The summed E-state index contributed by atoms with van der Waals surface area (Å²) in [7, 11) is 0. The number of hydrogen-bond acceptors (Lipinski definition) is 5. The molecule has 0 spiro atoms. The molecule has 6 nitrogen and oxygen atoms in total. The van der Waals surface area contributed by atoms with Gasteiger partial charge in [-0.3, -0.25) is 9.59 Å². The molecule has 0 saturated carbocycles. The van der Waals surface area contributed by atoms with Crippen molar-refractivity contribution in [2.24, 2.45) is 0 Å². The third-order valence-electron chi connectivity index (χ3n) is 13.3. The van der Waals surface area contributed by atoms with Crippen LogP contribution in [0.15, 0.2) is 12.2 Å². The number of unbranched alkanes of at least 4 members (excludes halogenated alkanes) is 42. The monoisotopic (exact) mass is 890 g/mol. The van der Waals surface area contributed by atoms with Gasteiger partial charge in [0.05, 0.1) is 25.4 Å². The molecule has 0 aliphatic heterocycles. The minimum absolute atomic E-state index is 0.00590. The molecule has 374 valence electrons. The Labute approximate surface area is 393 Å². The maximum Gasteiger partial charge on any atom is 0.305 e. The first kappa shape index (κ1) is 61.6. The van der Waals surface area contributed by atoms with Gasteiger partial charge < -0.3 is 20.3 Å². The van der Waals surface area contributed by atoms with Crippen molar-refractivity contribution in [1.29, 1.82) is 0 Å². The van der Waals surface area contributed by atoms with Crippen molar-refractivity contribution < 1.29 is 24.5 Å². The smallest absolute Gasteiger partial charge is 0.305 e. The summed E-state index contributed by atoms with van der Waals surface area (Å²) in [6, 6.07) is -0.638. The largest absolute Gasteiger partial charge is 0.466 e. The van der Waals surface area contributed by atoms with Gasteiger partial charge in [-0.1, -0.05) is 283 Å². The lowest BCUT2D eigenvalue weighted by molar-refractivity contribution is -0.143. The number of allylic oxidation sites excluding steroid dienone is 1. The number of esters is 1. The highest BCUT2D eigenvalue weighted by molar-refractivity contribution is 5.76. The first-order valence-corrected chi connectivity index (χ1v) is 28.5. The van der Waals surface area contributed by atoms with Crippen LogP contribution in [0, 0.1) is 0 Å². The molecule has 0 aliphatic rings.